The Morgan fingerprint density at radius 1 is 1.14 bits per heavy atom. The van der Waals surface area contributed by atoms with Crippen LogP contribution < -0.4 is 10.9 Å². The Bertz CT molecular complexity index is 1690. The van der Waals surface area contributed by atoms with Crippen molar-refractivity contribution in [1.82, 2.24) is 34.0 Å². The maximum absolute atomic E-state index is 14.2. The third-order valence-electron chi connectivity index (χ3n) is 8.75. The van der Waals surface area contributed by atoms with Crippen LogP contribution in [0.25, 0.3) is 16.9 Å². The molecule has 1 N–H and O–H groups in total. The van der Waals surface area contributed by atoms with E-state index in [0.717, 1.165) is 60.6 Å². The summed E-state index contributed by atoms with van der Waals surface area (Å²) < 4.78 is 45.6. The summed E-state index contributed by atoms with van der Waals surface area (Å²) in [5, 5.41) is 11.6. The highest BCUT2D eigenvalue weighted by molar-refractivity contribution is 5.65. The lowest BCUT2D eigenvalue weighted by molar-refractivity contribution is -0.136. The van der Waals surface area contributed by atoms with Crippen molar-refractivity contribution in [2.24, 2.45) is 18.9 Å². The van der Waals surface area contributed by atoms with Crippen molar-refractivity contribution in [1.29, 1.82) is 0 Å². The summed E-state index contributed by atoms with van der Waals surface area (Å²) >= 11 is 0. The maximum atomic E-state index is 14.2. The predicted molar refractivity (Wildman–Crippen MR) is 153 cm³/mol. The first-order valence-electron chi connectivity index (χ1n) is 14.4. The molecule has 1 saturated carbocycles. The zero-order chi connectivity index (χ0) is 29.8. The number of hydrogen-bond acceptors (Lipinski definition) is 7. The van der Waals surface area contributed by atoms with Crippen molar-refractivity contribution < 1.29 is 13.2 Å². The number of hydrogen-bond donors (Lipinski definition) is 1. The molecule has 222 valence electrons. The van der Waals surface area contributed by atoms with Crippen molar-refractivity contribution in [2.75, 3.05) is 25.5 Å². The number of nitrogens with one attached hydrogen (secondary N) is 1. The molecular formula is C30H35F3N8O. The van der Waals surface area contributed by atoms with E-state index in [9.17, 15) is 18.0 Å². The molecule has 4 aromatic heterocycles. The van der Waals surface area contributed by atoms with Gasteiger partial charge >= 0.3 is 6.18 Å². The molecule has 2 aliphatic rings. The van der Waals surface area contributed by atoms with Gasteiger partial charge in [0.05, 0.1) is 22.2 Å². The molecule has 1 aliphatic carbocycles. The first kappa shape index (κ1) is 28.3. The molecule has 4 aromatic rings. The fraction of sp³-hybridized carbons (Fsp3) is 0.500. The summed E-state index contributed by atoms with van der Waals surface area (Å²) in [7, 11) is 3.64. The van der Waals surface area contributed by atoms with Crippen molar-refractivity contribution in [3.63, 3.8) is 0 Å². The zero-order valence-corrected chi connectivity index (χ0v) is 24.2. The molecule has 1 atom stereocenters. The quantitative estimate of drug-likeness (QED) is 0.347. The van der Waals surface area contributed by atoms with Crippen LogP contribution in [0.4, 0.5) is 19.0 Å². The maximum Gasteiger partial charge on any atom is 0.419 e. The van der Waals surface area contributed by atoms with Gasteiger partial charge < -0.3 is 9.88 Å². The minimum Gasteiger partial charge on any atom is -0.373 e. The third kappa shape index (κ3) is 4.95. The smallest absolute Gasteiger partial charge is 0.373 e. The molecule has 0 spiro atoms. The molecule has 9 nitrogen and oxygen atoms in total. The summed E-state index contributed by atoms with van der Waals surface area (Å²) in [5.74, 6) is 2.30. The molecule has 12 heteroatoms. The van der Waals surface area contributed by atoms with Crippen LogP contribution in [0.1, 0.15) is 62.0 Å². The van der Waals surface area contributed by atoms with Gasteiger partial charge in [0.25, 0.3) is 5.56 Å². The average Bonchev–Trinajstić information content (AvgIpc) is 3.36. The minimum absolute atomic E-state index is 0.128. The summed E-state index contributed by atoms with van der Waals surface area (Å²) in [6.07, 6.45) is 3.49. The van der Waals surface area contributed by atoms with E-state index in [4.69, 9.17) is 0 Å². The molecule has 2 fully saturated rings. The van der Waals surface area contributed by atoms with Crippen LogP contribution in [-0.4, -0.2) is 54.2 Å². The van der Waals surface area contributed by atoms with Gasteiger partial charge in [-0.05, 0) is 73.4 Å². The van der Waals surface area contributed by atoms with E-state index in [1.165, 1.54) is 12.4 Å². The Balaban J connectivity index is 1.49. The van der Waals surface area contributed by atoms with Gasteiger partial charge in [-0.1, -0.05) is 13.8 Å². The molecule has 0 amide bonds. The number of likely N-dealkylation sites (tertiary alicyclic amines) is 1. The first-order chi connectivity index (χ1) is 20.0. The van der Waals surface area contributed by atoms with Gasteiger partial charge in [0.15, 0.2) is 5.65 Å². The number of alkyl halides is 3. The molecular weight excluding hydrogens is 545 g/mol. The minimum atomic E-state index is -4.67. The molecule has 1 aliphatic heterocycles. The first-order valence-corrected chi connectivity index (χ1v) is 14.4. The monoisotopic (exact) mass is 580 g/mol. The Kier molecular flexibility index (Phi) is 7.07. The molecule has 5 heterocycles. The number of aromatic nitrogens is 6. The van der Waals surface area contributed by atoms with Gasteiger partial charge in [0.1, 0.15) is 18.0 Å². The Labute approximate surface area is 241 Å². The molecule has 0 aromatic carbocycles. The highest BCUT2D eigenvalue weighted by atomic mass is 19.4. The van der Waals surface area contributed by atoms with E-state index < -0.39 is 28.4 Å². The normalized spacial score (nSPS) is 23.2. The van der Waals surface area contributed by atoms with Crippen LogP contribution in [0, 0.1) is 11.8 Å². The van der Waals surface area contributed by atoms with E-state index >= 15 is 0 Å². The van der Waals surface area contributed by atoms with E-state index in [-0.39, 0.29) is 5.56 Å². The number of rotatable bonds is 6. The van der Waals surface area contributed by atoms with E-state index in [0.29, 0.717) is 35.5 Å². The second-order valence-corrected chi connectivity index (χ2v) is 12.2. The largest absolute Gasteiger partial charge is 0.419 e. The van der Waals surface area contributed by atoms with Crippen LogP contribution in [0.3, 0.4) is 0 Å². The SMILES string of the molecule is CNc1cc(C2(c3nncn3C)CC(C)C2)cc(-c2cnc3c(C(F)(F)F)cc(CN4CCC[C@H](C)C4)cn3c2=O)n1. The number of anilines is 1. The number of fused-ring (bicyclic) bond motifs is 1. The van der Waals surface area contributed by atoms with Gasteiger partial charge in [-0.25, -0.2) is 9.97 Å². The third-order valence-corrected chi connectivity index (χ3v) is 8.75. The van der Waals surface area contributed by atoms with E-state index in [1.807, 2.05) is 23.7 Å². The zero-order valence-electron chi connectivity index (χ0n) is 24.2. The number of halogens is 3. The van der Waals surface area contributed by atoms with Crippen LogP contribution in [0.5, 0.6) is 0 Å². The predicted octanol–water partition coefficient (Wildman–Crippen LogP) is 4.89. The van der Waals surface area contributed by atoms with Crippen LogP contribution >= 0.6 is 0 Å². The van der Waals surface area contributed by atoms with Gasteiger partial charge in [0, 0.05) is 39.6 Å². The number of pyridine rings is 2. The molecule has 6 rings (SSSR count). The van der Waals surface area contributed by atoms with E-state index in [1.54, 1.807) is 13.4 Å². The molecule has 42 heavy (non-hydrogen) atoms. The highest BCUT2D eigenvalue weighted by Gasteiger charge is 2.48. The number of nitrogens with zero attached hydrogens (tertiary/aromatic N) is 7. The average molecular weight is 581 g/mol. The summed E-state index contributed by atoms with van der Waals surface area (Å²) in [4.78, 5) is 24.9. The van der Waals surface area contributed by atoms with Gasteiger partial charge in [-0.15, -0.1) is 10.2 Å². The Hall–Kier alpha value is -3.80. The Morgan fingerprint density at radius 3 is 2.57 bits per heavy atom. The summed E-state index contributed by atoms with van der Waals surface area (Å²) in [6, 6.07) is 4.91. The standard InChI is InChI=1S/C30H35F3N8O/c1-18-6-5-7-40(14-18)15-20-8-23(30(31,32)33)26-35-13-22(27(42)41(26)16-20)24-9-21(10-25(34-3)37-24)29(11-19(2)12-29)28-38-36-17-39(28)4/h8-10,13,16-19H,5-7,11-12,14-15H2,1-4H3,(H,34,37)/t18-,19?,29?/m0/s1. The van der Waals surface area contributed by atoms with Gasteiger partial charge in [-0.2, -0.15) is 13.2 Å². The van der Waals surface area contributed by atoms with Crippen LogP contribution in [-0.2, 0) is 25.2 Å². The molecule has 0 unspecified atom stereocenters. The molecule has 1 saturated heterocycles. The number of piperidine rings is 1. The second-order valence-electron chi connectivity index (χ2n) is 12.2. The van der Waals surface area contributed by atoms with Crippen LogP contribution in [0.2, 0.25) is 0 Å². The fourth-order valence-corrected chi connectivity index (χ4v) is 6.87. The van der Waals surface area contributed by atoms with Gasteiger partial charge in [0.2, 0.25) is 0 Å². The highest BCUT2D eigenvalue weighted by Crippen LogP contribution is 2.52. The van der Waals surface area contributed by atoms with Crippen molar-refractivity contribution in [3.8, 4) is 11.3 Å². The van der Waals surface area contributed by atoms with Crippen molar-refractivity contribution in [2.45, 2.75) is 57.7 Å². The second kappa shape index (κ2) is 10.5. The summed E-state index contributed by atoms with van der Waals surface area (Å²) in [6.45, 7) is 6.27. The molecule has 0 bridgehead atoms. The topological polar surface area (TPSA) is 93.2 Å². The molecule has 0 radical (unpaired) electrons. The fourth-order valence-electron chi connectivity index (χ4n) is 6.87. The Morgan fingerprint density at radius 2 is 1.93 bits per heavy atom. The van der Waals surface area contributed by atoms with Crippen molar-refractivity contribution in [3.05, 3.63) is 69.8 Å². The van der Waals surface area contributed by atoms with Gasteiger partial charge in [-0.3, -0.25) is 14.1 Å². The lowest BCUT2D eigenvalue weighted by Crippen LogP contribution is -2.43. The van der Waals surface area contributed by atoms with E-state index in [2.05, 4.69) is 44.2 Å². The van der Waals surface area contributed by atoms with Crippen LogP contribution in [0.15, 0.2) is 41.7 Å². The lowest BCUT2D eigenvalue weighted by Gasteiger charge is -2.46. The van der Waals surface area contributed by atoms with Crippen molar-refractivity contribution >= 4 is 11.5 Å². The number of aryl methyl sites for hydroxylation is 1. The summed E-state index contributed by atoms with van der Waals surface area (Å²) in [5.41, 5.74) is -0.544. The lowest BCUT2D eigenvalue weighted by atomic mass is 9.58.